The number of hydrogen-bond acceptors (Lipinski definition) is 4. The standard InChI is InChI=1S/C19H21NO4/c1-3-18(21)15-7-9-17(10-8-15)24-13-19(22)20-16-6-4-5-14(11-16)12-23-2/h4-11H,3,12-13H2,1-2H3,(H,20,22). The van der Waals surface area contributed by atoms with E-state index in [9.17, 15) is 9.59 Å². The molecular weight excluding hydrogens is 306 g/mol. The molecule has 0 radical (unpaired) electrons. The fourth-order valence-electron chi connectivity index (χ4n) is 2.19. The summed E-state index contributed by atoms with van der Waals surface area (Å²) in [4.78, 5) is 23.5. The highest BCUT2D eigenvalue weighted by Crippen LogP contribution is 2.14. The highest BCUT2D eigenvalue weighted by atomic mass is 16.5. The lowest BCUT2D eigenvalue weighted by atomic mass is 10.1. The fourth-order valence-corrected chi connectivity index (χ4v) is 2.19. The number of nitrogens with one attached hydrogen (secondary N) is 1. The maximum atomic E-state index is 12.0. The van der Waals surface area contributed by atoms with Gasteiger partial charge in [0.2, 0.25) is 0 Å². The summed E-state index contributed by atoms with van der Waals surface area (Å²) in [5.41, 5.74) is 2.32. The van der Waals surface area contributed by atoms with Gasteiger partial charge in [-0.25, -0.2) is 0 Å². The molecule has 2 aromatic rings. The second-order valence-corrected chi connectivity index (χ2v) is 5.27. The van der Waals surface area contributed by atoms with Crippen molar-refractivity contribution in [1.29, 1.82) is 0 Å². The van der Waals surface area contributed by atoms with Gasteiger partial charge in [0.15, 0.2) is 12.4 Å². The van der Waals surface area contributed by atoms with Crippen LogP contribution in [0.5, 0.6) is 5.75 Å². The monoisotopic (exact) mass is 327 g/mol. The second kappa shape index (κ2) is 8.84. The van der Waals surface area contributed by atoms with E-state index in [2.05, 4.69) is 5.32 Å². The van der Waals surface area contributed by atoms with E-state index in [0.717, 1.165) is 5.56 Å². The van der Waals surface area contributed by atoms with Crippen LogP contribution in [-0.4, -0.2) is 25.4 Å². The summed E-state index contributed by atoms with van der Waals surface area (Å²) < 4.78 is 10.5. The largest absolute Gasteiger partial charge is 0.484 e. The lowest BCUT2D eigenvalue weighted by Crippen LogP contribution is -2.20. The first-order valence-corrected chi connectivity index (χ1v) is 7.76. The zero-order valence-electron chi connectivity index (χ0n) is 13.9. The number of benzene rings is 2. The molecule has 5 heteroatoms. The number of anilines is 1. The smallest absolute Gasteiger partial charge is 0.262 e. The van der Waals surface area contributed by atoms with E-state index in [1.54, 1.807) is 31.4 Å². The van der Waals surface area contributed by atoms with Gasteiger partial charge >= 0.3 is 0 Å². The Labute approximate surface area is 141 Å². The number of amides is 1. The maximum absolute atomic E-state index is 12.0. The van der Waals surface area contributed by atoms with E-state index in [1.807, 2.05) is 31.2 Å². The summed E-state index contributed by atoms with van der Waals surface area (Å²) in [6.07, 6.45) is 0.463. The Balaban J connectivity index is 1.86. The first-order valence-electron chi connectivity index (χ1n) is 7.76. The number of Topliss-reactive ketones (excluding diaryl/α,β-unsaturated/α-hetero) is 1. The third-order valence-corrected chi connectivity index (χ3v) is 3.39. The summed E-state index contributed by atoms with van der Waals surface area (Å²) in [5.74, 6) is 0.374. The zero-order chi connectivity index (χ0) is 17.4. The molecule has 0 spiro atoms. The van der Waals surface area contributed by atoms with Crippen LogP contribution in [-0.2, 0) is 16.1 Å². The van der Waals surface area contributed by atoms with E-state index < -0.39 is 0 Å². The van der Waals surface area contributed by atoms with Crippen LogP contribution >= 0.6 is 0 Å². The number of carbonyl (C=O) groups is 2. The molecule has 0 aromatic heterocycles. The number of ether oxygens (including phenoxy) is 2. The van der Waals surface area contributed by atoms with Gasteiger partial charge in [-0.3, -0.25) is 9.59 Å². The SMILES string of the molecule is CCC(=O)c1ccc(OCC(=O)Nc2cccc(COC)c2)cc1. The van der Waals surface area contributed by atoms with Crippen LogP contribution < -0.4 is 10.1 Å². The Morgan fingerprint density at radius 2 is 1.83 bits per heavy atom. The van der Waals surface area contributed by atoms with Crippen molar-refractivity contribution in [1.82, 2.24) is 0 Å². The summed E-state index contributed by atoms with van der Waals surface area (Å²) in [6, 6.07) is 14.2. The molecule has 0 saturated heterocycles. The summed E-state index contributed by atoms with van der Waals surface area (Å²) in [6.45, 7) is 2.21. The molecule has 0 unspecified atom stereocenters. The predicted molar refractivity (Wildman–Crippen MR) is 92.3 cm³/mol. The molecule has 0 fully saturated rings. The van der Waals surface area contributed by atoms with E-state index >= 15 is 0 Å². The van der Waals surface area contributed by atoms with Crippen molar-refractivity contribution in [2.24, 2.45) is 0 Å². The Bertz CT molecular complexity index is 695. The van der Waals surface area contributed by atoms with Gasteiger partial charge in [0.05, 0.1) is 6.61 Å². The number of hydrogen-bond donors (Lipinski definition) is 1. The van der Waals surface area contributed by atoms with Gasteiger partial charge < -0.3 is 14.8 Å². The molecular formula is C19H21NO4. The van der Waals surface area contributed by atoms with Gasteiger partial charge in [-0.2, -0.15) is 0 Å². The molecule has 2 rings (SSSR count). The molecule has 0 aliphatic heterocycles. The van der Waals surface area contributed by atoms with Gasteiger partial charge in [0.25, 0.3) is 5.91 Å². The van der Waals surface area contributed by atoms with E-state index in [0.29, 0.717) is 30.0 Å². The molecule has 0 bridgehead atoms. The Hall–Kier alpha value is -2.66. The predicted octanol–water partition coefficient (Wildman–Crippen LogP) is 3.44. The van der Waals surface area contributed by atoms with Gasteiger partial charge in [-0.05, 0) is 42.0 Å². The molecule has 1 N–H and O–H groups in total. The van der Waals surface area contributed by atoms with Crippen molar-refractivity contribution in [3.63, 3.8) is 0 Å². The van der Waals surface area contributed by atoms with Crippen molar-refractivity contribution >= 4 is 17.4 Å². The number of rotatable bonds is 8. The maximum Gasteiger partial charge on any atom is 0.262 e. The van der Waals surface area contributed by atoms with Crippen molar-refractivity contribution in [2.45, 2.75) is 20.0 Å². The third-order valence-electron chi connectivity index (χ3n) is 3.39. The van der Waals surface area contributed by atoms with Gasteiger partial charge in [0, 0.05) is 24.8 Å². The second-order valence-electron chi connectivity index (χ2n) is 5.27. The first-order chi connectivity index (χ1) is 11.6. The van der Waals surface area contributed by atoms with Crippen molar-refractivity contribution in [3.8, 4) is 5.75 Å². The molecule has 126 valence electrons. The van der Waals surface area contributed by atoms with Crippen LogP contribution in [0.2, 0.25) is 0 Å². The Morgan fingerprint density at radius 1 is 1.08 bits per heavy atom. The lowest BCUT2D eigenvalue weighted by Gasteiger charge is -2.09. The van der Waals surface area contributed by atoms with Crippen molar-refractivity contribution in [3.05, 3.63) is 59.7 Å². The summed E-state index contributed by atoms with van der Waals surface area (Å²) in [5, 5.41) is 2.78. The van der Waals surface area contributed by atoms with E-state index in [-0.39, 0.29) is 18.3 Å². The molecule has 2 aromatic carbocycles. The van der Waals surface area contributed by atoms with Crippen LogP contribution in [0.25, 0.3) is 0 Å². The van der Waals surface area contributed by atoms with Crippen molar-refractivity contribution in [2.75, 3.05) is 19.0 Å². The van der Waals surface area contributed by atoms with Crippen LogP contribution in [0, 0.1) is 0 Å². The Kier molecular flexibility index (Phi) is 6.51. The quantitative estimate of drug-likeness (QED) is 0.754. The molecule has 0 aliphatic carbocycles. The van der Waals surface area contributed by atoms with Crippen LogP contribution in [0.3, 0.4) is 0 Å². The highest BCUT2D eigenvalue weighted by molar-refractivity contribution is 5.96. The number of methoxy groups -OCH3 is 1. The van der Waals surface area contributed by atoms with Crippen LogP contribution in [0.15, 0.2) is 48.5 Å². The van der Waals surface area contributed by atoms with E-state index in [1.165, 1.54) is 0 Å². The normalized spacial score (nSPS) is 10.2. The molecule has 0 saturated carbocycles. The fraction of sp³-hybridized carbons (Fsp3) is 0.263. The topological polar surface area (TPSA) is 64.6 Å². The summed E-state index contributed by atoms with van der Waals surface area (Å²) >= 11 is 0. The van der Waals surface area contributed by atoms with Crippen LogP contribution in [0.4, 0.5) is 5.69 Å². The highest BCUT2D eigenvalue weighted by Gasteiger charge is 2.06. The Morgan fingerprint density at radius 3 is 2.50 bits per heavy atom. The third kappa shape index (κ3) is 5.21. The summed E-state index contributed by atoms with van der Waals surface area (Å²) in [7, 11) is 1.62. The zero-order valence-corrected chi connectivity index (χ0v) is 13.9. The van der Waals surface area contributed by atoms with E-state index in [4.69, 9.17) is 9.47 Å². The van der Waals surface area contributed by atoms with Gasteiger partial charge in [-0.1, -0.05) is 19.1 Å². The van der Waals surface area contributed by atoms with Crippen molar-refractivity contribution < 1.29 is 19.1 Å². The molecule has 5 nitrogen and oxygen atoms in total. The molecule has 0 atom stereocenters. The average Bonchev–Trinajstić information content (AvgIpc) is 2.60. The minimum atomic E-state index is -0.252. The average molecular weight is 327 g/mol. The molecule has 0 heterocycles. The van der Waals surface area contributed by atoms with Gasteiger partial charge in [-0.15, -0.1) is 0 Å². The minimum Gasteiger partial charge on any atom is -0.484 e. The minimum absolute atomic E-state index is 0.0789. The number of carbonyl (C=O) groups excluding carboxylic acids is 2. The lowest BCUT2D eigenvalue weighted by molar-refractivity contribution is -0.118. The van der Waals surface area contributed by atoms with Crippen LogP contribution in [0.1, 0.15) is 29.3 Å². The number of ketones is 1. The molecule has 1 amide bonds. The first kappa shape index (κ1) is 17.7. The molecule has 0 aliphatic rings. The molecule has 24 heavy (non-hydrogen) atoms. The van der Waals surface area contributed by atoms with Gasteiger partial charge in [0.1, 0.15) is 5.75 Å².